The third kappa shape index (κ3) is 3.44. The molecular weight excluding hydrogens is 310 g/mol. The first kappa shape index (κ1) is 14.9. The van der Waals surface area contributed by atoms with Crippen LogP contribution in [0.3, 0.4) is 0 Å². The lowest BCUT2D eigenvalue weighted by Gasteiger charge is -2.03. The summed E-state index contributed by atoms with van der Waals surface area (Å²) in [5.41, 5.74) is 7.48. The molecule has 0 fully saturated rings. The van der Waals surface area contributed by atoms with Gasteiger partial charge in [0.05, 0.1) is 0 Å². The number of amides is 2. The van der Waals surface area contributed by atoms with E-state index in [0.29, 0.717) is 16.9 Å². The Labute approximate surface area is 136 Å². The number of hydrogen-bond donors (Lipinski definition) is 2. The minimum Gasteiger partial charge on any atom is -0.366 e. The number of aromatic nitrogens is 1. The van der Waals surface area contributed by atoms with Crippen molar-refractivity contribution >= 4 is 28.8 Å². The van der Waals surface area contributed by atoms with Gasteiger partial charge in [0.2, 0.25) is 5.91 Å². The highest BCUT2D eigenvalue weighted by atomic mass is 32.1. The molecule has 3 N–H and O–H groups in total. The number of nitrogens with zero attached hydrogens (tertiary/aromatic N) is 1. The number of primary amides is 1. The minimum absolute atomic E-state index is 0.296. The molecule has 5 nitrogen and oxygen atoms in total. The summed E-state index contributed by atoms with van der Waals surface area (Å²) in [6.45, 7) is 0. The van der Waals surface area contributed by atoms with Gasteiger partial charge >= 0.3 is 0 Å². The zero-order valence-electron chi connectivity index (χ0n) is 12.0. The lowest BCUT2D eigenvalue weighted by atomic mass is 10.2. The van der Waals surface area contributed by atoms with Gasteiger partial charge in [0.15, 0.2) is 0 Å². The highest BCUT2D eigenvalue weighted by Crippen LogP contribution is 2.23. The second-order valence-electron chi connectivity index (χ2n) is 4.80. The van der Waals surface area contributed by atoms with E-state index in [9.17, 15) is 9.59 Å². The van der Waals surface area contributed by atoms with Crippen molar-refractivity contribution in [1.29, 1.82) is 0 Å². The van der Waals surface area contributed by atoms with Crippen molar-refractivity contribution in [2.75, 3.05) is 5.32 Å². The van der Waals surface area contributed by atoms with E-state index in [0.717, 1.165) is 10.6 Å². The van der Waals surface area contributed by atoms with Crippen molar-refractivity contribution in [2.45, 2.75) is 0 Å². The summed E-state index contributed by atoms with van der Waals surface area (Å²) in [5.74, 6) is -0.801. The predicted octanol–water partition coefficient (Wildman–Crippen LogP) is 3.16. The van der Waals surface area contributed by atoms with Crippen LogP contribution in [0, 0.1) is 0 Å². The van der Waals surface area contributed by atoms with E-state index in [1.807, 2.05) is 30.3 Å². The van der Waals surface area contributed by atoms with Crippen molar-refractivity contribution in [2.24, 2.45) is 5.73 Å². The Bertz CT molecular complexity index is 842. The monoisotopic (exact) mass is 323 g/mol. The Morgan fingerprint density at radius 3 is 2.35 bits per heavy atom. The average molecular weight is 323 g/mol. The summed E-state index contributed by atoms with van der Waals surface area (Å²) >= 11 is 1.41. The first-order chi connectivity index (χ1) is 11.1. The van der Waals surface area contributed by atoms with Gasteiger partial charge in [0.1, 0.15) is 10.7 Å². The average Bonchev–Trinajstić information content (AvgIpc) is 3.06. The molecule has 0 atom stereocenters. The summed E-state index contributed by atoms with van der Waals surface area (Å²) in [6.07, 6.45) is 0. The quantitative estimate of drug-likeness (QED) is 0.773. The highest BCUT2D eigenvalue weighted by Gasteiger charge is 2.12. The number of carbonyl (C=O) groups excluding carboxylic acids is 2. The van der Waals surface area contributed by atoms with Gasteiger partial charge in [-0.3, -0.25) is 9.59 Å². The fourth-order valence-electron chi connectivity index (χ4n) is 2.00. The molecule has 6 heteroatoms. The maximum atomic E-state index is 12.2. The minimum atomic E-state index is -0.505. The number of nitrogens with two attached hydrogens (primary N) is 1. The number of hydrogen-bond acceptors (Lipinski definition) is 4. The standard InChI is InChI=1S/C17H13N3O2S/c18-15(21)11-6-8-13(9-7-11)19-16(22)14-10-23-17(20-14)12-4-2-1-3-5-12/h1-10H,(H2,18,21)(H,19,22). The molecule has 3 rings (SSSR count). The lowest BCUT2D eigenvalue weighted by molar-refractivity contribution is 0.0998. The van der Waals surface area contributed by atoms with Crippen LogP contribution in [0.4, 0.5) is 5.69 Å². The van der Waals surface area contributed by atoms with Crippen LogP contribution < -0.4 is 11.1 Å². The molecule has 3 aromatic rings. The number of rotatable bonds is 4. The molecule has 0 aliphatic carbocycles. The van der Waals surface area contributed by atoms with Crippen LogP contribution in [-0.4, -0.2) is 16.8 Å². The van der Waals surface area contributed by atoms with Gasteiger partial charge in [0, 0.05) is 22.2 Å². The fraction of sp³-hybridized carbons (Fsp3) is 0. The molecule has 0 aliphatic rings. The Kier molecular flexibility index (Phi) is 4.16. The van der Waals surface area contributed by atoms with Crippen molar-refractivity contribution in [3.63, 3.8) is 0 Å². The van der Waals surface area contributed by atoms with Crippen LogP contribution in [0.1, 0.15) is 20.8 Å². The van der Waals surface area contributed by atoms with E-state index in [1.54, 1.807) is 29.6 Å². The summed E-state index contributed by atoms with van der Waals surface area (Å²) < 4.78 is 0. The van der Waals surface area contributed by atoms with Crippen LogP contribution in [0.25, 0.3) is 10.6 Å². The van der Waals surface area contributed by atoms with E-state index in [-0.39, 0.29) is 5.91 Å². The van der Waals surface area contributed by atoms with Crippen LogP contribution in [0.2, 0.25) is 0 Å². The largest absolute Gasteiger partial charge is 0.366 e. The van der Waals surface area contributed by atoms with Crippen molar-refractivity contribution in [1.82, 2.24) is 4.98 Å². The topological polar surface area (TPSA) is 85.1 Å². The molecule has 0 saturated carbocycles. The van der Waals surface area contributed by atoms with Crippen LogP contribution >= 0.6 is 11.3 Å². The summed E-state index contributed by atoms with van der Waals surface area (Å²) in [4.78, 5) is 27.6. The fourth-order valence-corrected chi connectivity index (χ4v) is 2.81. The summed E-state index contributed by atoms with van der Waals surface area (Å²) in [6, 6.07) is 16.1. The van der Waals surface area contributed by atoms with E-state index >= 15 is 0 Å². The SMILES string of the molecule is NC(=O)c1ccc(NC(=O)c2csc(-c3ccccc3)n2)cc1. The van der Waals surface area contributed by atoms with Crippen molar-refractivity contribution < 1.29 is 9.59 Å². The van der Waals surface area contributed by atoms with E-state index in [2.05, 4.69) is 10.3 Å². The summed E-state index contributed by atoms with van der Waals surface area (Å²) in [5, 5.41) is 5.25. The lowest BCUT2D eigenvalue weighted by Crippen LogP contribution is -2.13. The number of carbonyl (C=O) groups is 2. The molecule has 23 heavy (non-hydrogen) atoms. The predicted molar refractivity (Wildman–Crippen MR) is 90.5 cm³/mol. The smallest absolute Gasteiger partial charge is 0.275 e. The van der Waals surface area contributed by atoms with Crippen LogP contribution in [0.5, 0.6) is 0 Å². The molecule has 2 amide bonds. The maximum Gasteiger partial charge on any atom is 0.275 e. The zero-order valence-corrected chi connectivity index (χ0v) is 12.8. The molecule has 1 heterocycles. The summed E-state index contributed by atoms with van der Waals surface area (Å²) in [7, 11) is 0. The van der Waals surface area contributed by atoms with E-state index in [1.165, 1.54) is 11.3 Å². The first-order valence-electron chi connectivity index (χ1n) is 6.85. The molecule has 114 valence electrons. The Balaban J connectivity index is 1.74. The highest BCUT2D eigenvalue weighted by molar-refractivity contribution is 7.13. The number of thiazole rings is 1. The van der Waals surface area contributed by atoms with Crippen molar-refractivity contribution in [3.05, 3.63) is 71.2 Å². The molecule has 0 aliphatic heterocycles. The molecule has 0 radical (unpaired) electrons. The first-order valence-corrected chi connectivity index (χ1v) is 7.73. The van der Waals surface area contributed by atoms with Crippen LogP contribution in [0.15, 0.2) is 60.0 Å². The normalized spacial score (nSPS) is 10.3. The van der Waals surface area contributed by atoms with Gasteiger partial charge in [-0.15, -0.1) is 11.3 Å². The van der Waals surface area contributed by atoms with Gasteiger partial charge in [-0.25, -0.2) is 4.98 Å². The van der Waals surface area contributed by atoms with Crippen LogP contribution in [-0.2, 0) is 0 Å². The molecule has 1 aromatic heterocycles. The van der Waals surface area contributed by atoms with Gasteiger partial charge < -0.3 is 11.1 Å². The van der Waals surface area contributed by atoms with Gasteiger partial charge in [-0.05, 0) is 24.3 Å². The van der Waals surface area contributed by atoms with Gasteiger partial charge in [-0.1, -0.05) is 30.3 Å². The molecular formula is C17H13N3O2S. The van der Waals surface area contributed by atoms with Gasteiger partial charge in [-0.2, -0.15) is 0 Å². The number of benzene rings is 2. The van der Waals surface area contributed by atoms with Crippen molar-refractivity contribution in [3.8, 4) is 10.6 Å². The zero-order chi connectivity index (χ0) is 16.2. The van der Waals surface area contributed by atoms with Gasteiger partial charge in [0.25, 0.3) is 5.91 Å². The van der Waals surface area contributed by atoms with E-state index in [4.69, 9.17) is 5.73 Å². The molecule has 2 aromatic carbocycles. The molecule has 0 unspecified atom stereocenters. The second-order valence-corrected chi connectivity index (χ2v) is 5.66. The number of nitrogens with one attached hydrogen (secondary N) is 1. The Morgan fingerprint density at radius 1 is 1.00 bits per heavy atom. The third-order valence-corrected chi connectivity index (χ3v) is 4.08. The molecule has 0 saturated heterocycles. The Hall–Kier alpha value is -2.99. The second kappa shape index (κ2) is 6.41. The Morgan fingerprint density at radius 2 is 1.70 bits per heavy atom. The maximum absolute atomic E-state index is 12.2. The molecule has 0 spiro atoms. The molecule has 0 bridgehead atoms. The van der Waals surface area contributed by atoms with E-state index < -0.39 is 5.91 Å². The number of anilines is 1. The third-order valence-electron chi connectivity index (χ3n) is 3.18.